The van der Waals surface area contributed by atoms with Crippen LogP contribution in [0.15, 0.2) is 0 Å². The predicted molar refractivity (Wildman–Crippen MR) is 80.5 cm³/mol. The first-order valence-corrected chi connectivity index (χ1v) is 8.22. The van der Waals surface area contributed by atoms with E-state index in [2.05, 4.69) is 31.1 Å². The molecule has 2 fully saturated rings. The van der Waals surface area contributed by atoms with E-state index in [-0.39, 0.29) is 0 Å². The number of hydrogen-bond donors (Lipinski definition) is 1. The molecule has 0 spiro atoms. The molecule has 0 aromatic heterocycles. The maximum Gasteiger partial charge on any atom is 0.0726 e. The summed E-state index contributed by atoms with van der Waals surface area (Å²) in [6, 6.07) is 1.32. The third-order valence-corrected chi connectivity index (χ3v) is 5.06. The summed E-state index contributed by atoms with van der Waals surface area (Å²) in [6.07, 6.45) is 8.50. The number of rotatable bonds is 6. The van der Waals surface area contributed by atoms with Gasteiger partial charge in [-0.15, -0.1) is 0 Å². The molecule has 1 saturated heterocycles. The monoisotopic (exact) mass is 268 g/mol. The van der Waals surface area contributed by atoms with Crippen molar-refractivity contribution in [3.63, 3.8) is 0 Å². The lowest BCUT2D eigenvalue weighted by molar-refractivity contribution is 0.0816. The van der Waals surface area contributed by atoms with Crippen LogP contribution in [0.25, 0.3) is 0 Å². The van der Waals surface area contributed by atoms with Gasteiger partial charge in [0.1, 0.15) is 0 Å². The molecule has 0 amide bonds. The van der Waals surface area contributed by atoms with Gasteiger partial charge >= 0.3 is 0 Å². The Morgan fingerprint density at radius 3 is 2.58 bits per heavy atom. The van der Waals surface area contributed by atoms with Crippen LogP contribution >= 0.6 is 0 Å². The van der Waals surface area contributed by atoms with E-state index in [9.17, 15) is 0 Å². The number of hydrogen-bond acceptors (Lipinski definition) is 3. The van der Waals surface area contributed by atoms with Gasteiger partial charge in [0.2, 0.25) is 0 Å². The first-order valence-electron chi connectivity index (χ1n) is 8.22. The Morgan fingerprint density at radius 2 is 1.95 bits per heavy atom. The fraction of sp³-hybridized carbons (Fsp3) is 1.00. The molecule has 0 aromatic carbocycles. The van der Waals surface area contributed by atoms with Crippen LogP contribution in [-0.2, 0) is 4.74 Å². The van der Waals surface area contributed by atoms with Crippen molar-refractivity contribution < 1.29 is 4.74 Å². The summed E-state index contributed by atoms with van der Waals surface area (Å²) in [4.78, 5) is 2.56. The van der Waals surface area contributed by atoms with Gasteiger partial charge in [0, 0.05) is 31.8 Å². The highest BCUT2D eigenvalue weighted by atomic mass is 16.5. The van der Waals surface area contributed by atoms with Gasteiger partial charge in [-0.3, -0.25) is 0 Å². The summed E-state index contributed by atoms with van der Waals surface area (Å²) in [5.74, 6) is 0.947. The molecule has 2 atom stereocenters. The van der Waals surface area contributed by atoms with Crippen LogP contribution in [0.1, 0.15) is 52.4 Å². The van der Waals surface area contributed by atoms with E-state index in [1.165, 1.54) is 38.5 Å². The zero-order valence-corrected chi connectivity index (χ0v) is 13.0. The Hall–Kier alpha value is -0.120. The molecule has 3 nitrogen and oxygen atoms in total. The minimum Gasteiger partial charge on any atom is -0.377 e. The van der Waals surface area contributed by atoms with Gasteiger partial charge in [0.05, 0.1) is 6.10 Å². The second-order valence-electron chi connectivity index (χ2n) is 6.69. The van der Waals surface area contributed by atoms with Gasteiger partial charge in [-0.1, -0.05) is 6.92 Å². The Labute approximate surface area is 119 Å². The summed E-state index contributed by atoms with van der Waals surface area (Å²) < 4.78 is 5.72. The highest BCUT2D eigenvalue weighted by molar-refractivity contribution is 4.79. The van der Waals surface area contributed by atoms with Crippen molar-refractivity contribution in [1.29, 1.82) is 0 Å². The average molecular weight is 268 g/mol. The van der Waals surface area contributed by atoms with Crippen LogP contribution in [0.2, 0.25) is 0 Å². The SMILES string of the molecule is CC1CCC(N(C)CCNC(C)C2CCCO2)CC1. The highest BCUT2D eigenvalue weighted by Gasteiger charge is 2.23. The normalized spacial score (nSPS) is 33.8. The van der Waals surface area contributed by atoms with E-state index < -0.39 is 0 Å². The van der Waals surface area contributed by atoms with Crippen LogP contribution in [0.3, 0.4) is 0 Å². The number of nitrogens with one attached hydrogen (secondary N) is 1. The molecule has 1 aliphatic carbocycles. The average Bonchev–Trinajstić information content (AvgIpc) is 2.93. The van der Waals surface area contributed by atoms with Gasteiger partial charge in [-0.2, -0.15) is 0 Å². The van der Waals surface area contributed by atoms with Crippen molar-refractivity contribution in [3.8, 4) is 0 Å². The lowest BCUT2D eigenvalue weighted by atomic mass is 9.87. The quantitative estimate of drug-likeness (QED) is 0.801. The molecule has 19 heavy (non-hydrogen) atoms. The molecule has 2 aliphatic rings. The standard InChI is InChI=1S/C16H32N2O/c1-13-6-8-15(9-7-13)18(3)11-10-17-14(2)16-5-4-12-19-16/h13-17H,4-12H2,1-3H3. The number of nitrogens with zero attached hydrogens (tertiary/aromatic N) is 1. The molecule has 2 unspecified atom stereocenters. The Kier molecular flexibility index (Phi) is 6.11. The minimum absolute atomic E-state index is 0.445. The van der Waals surface area contributed by atoms with Crippen LogP contribution in [0.4, 0.5) is 0 Å². The minimum atomic E-state index is 0.445. The third-order valence-electron chi connectivity index (χ3n) is 5.06. The van der Waals surface area contributed by atoms with Crippen molar-refractivity contribution in [2.75, 3.05) is 26.7 Å². The van der Waals surface area contributed by atoms with Crippen LogP contribution in [0, 0.1) is 5.92 Å². The second kappa shape index (κ2) is 7.61. The summed E-state index contributed by atoms with van der Waals surface area (Å²) in [5, 5.41) is 3.64. The van der Waals surface area contributed by atoms with E-state index in [4.69, 9.17) is 4.74 Å². The molecule has 2 rings (SSSR count). The van der Waals surface area contributed by atoms with Crippen LogP contribution < -0.4 is 5.32 Å². The molecule has 112 valence electrons. The van der Waals surface area contributed by atoms with Crippen molar-refractivity contribution in [2.45, 2.75) is 70.6 Å². The predicted octanol–water partition coefficient (Wildman–Crippen LogP) is 2.65. The van der Waals surface area contributed by atoms with Gasteiger partial charge in [0.15, 0.2) is 0 Å². The molecule has 0 aromatic rings. The van der Waals surface area contributed by atoms with E-state index in [1.807, 2.05) is 0 Å². The lowest BCUT2D eigenvalue weighted by Crippen LogP contribution is -2.43. The molecule has 1 saturated carbocycles. The Balaban J connectivity index is 1.59. The molecular weight excluding hydrogens is 236 g/mol. The maximum absolute atomic E-state index is 5.72. The van der Waals surface area contributed by atoms with Gasteiger partial charge in [-0.05, 0) is 58.4 Å². The Bertz CT molecular complexity index is 245. The smallest absolute Gasteiger partial charge is 0.0726 e. The fourth-order valence-electron chi connectivity index (χ4n) is 3.46. The third kappa shape index (κ3) is 4.73. The molecule has 1 aliphatic heterocycles. The van der Waals surface area contributed by atoms with Gasteiger partial charge in [-0.25, -0.2) is 0 Å². The molecule has 3 heteroatoms. The van der Waals surface area contributed by atoms with Crippen molar-refractivity contribution >= 4 is 0 Å². The topological polar surface area (TPSA) is 24.5 Å². The van der Waals surface area contributed by atoms with E-state index in [0.29, 0.717) is 12.1 Å². The first kappa shape index (κ1) is 15.3. The highest BCUT2D eigenvalue weighted by Crippen LogP contribution is 2.26. The van der Waals surface area contributed by atoms with E-state index in [0.717, 1.165) is 31.7 Å². The summed E-state index contributed by atoms with van der Waals surface area (Å²) in [6.45, 7) is 7.86. The molecule has 0 bridgehead atoms. The molecule has 0 radical (unpaired) electrons. The summed E-state index contributed by atoms with van der Waals surface area (Å²) >= 11 is 0. The Morgan fingerprint density at radius 1 is 1.21 bits per heavy atom. The molecule has 1 N–H and O–H groups in total. The van der Waals surface area contributed by atoms with E-state index >= 15 is 0 Å². The van der Waals surface area contributed by atoms with Crippen molar-refractivity contribution in [2.24, 2.45) is 5.92 Å². The zero-order chi connectivity index (χ0) is 13.7. The van der Waals surface area contributed by atoms with Crippen molar-refractivity contribution in [1.82, 2.24) is 10.2 Å². The lowest BCUT2D eigenvalue weighted by Gasteiger charge is -2.34. The maximum atomic E-state index is 5.72. The zero-order valence-electron chi connectivity index (χ0n) is 13.0. The summed E-state index contributed by atoms with van der Waals surface area (Å²) in [7, 11) is 2.29. The fourth-order valence-corrected chi connectivity index (χ4v) is 3.46. The van der Waals surface area contributed by atoms with Gasteiger partial charge < -0.3 is 15.0 Å². The number of likely N-dealkylation sites (N-methyl/N-ethyl adjacent to an activating group) is 1. The second-order valence-corrected chi connectivity index (χ2v) is 6.69. The molecule has 1 heterocycles. The van der Waals surface area contributed by atoms with Gasteiger partial charge in [0.25, 0.3) is 0 Å². The van der Waals surface area contributed by atoms with Crippen molar-refractivity contribution in [3.05, 3.63) is 0 Å². The van der Waals surface area contributed by atoms with E-state index in [1.54, 1.807) is 0 Å². The summed E-state index contributed by atoms with van der Waals surface area (Å²) in [5.41, 5.74) is 0. The van der Waals surface area contributed by atoms with Crippen LogP contribution in [0.5, 0.6) is 0 Å². The molecular formula is C16H32N2O. The van der Waals surface area contributed by atoms with Crippen LogP contribution in [-0.4, -0.2) is 49.8 Å². The number of ether oxygens (including phenoxy) is 1. The first-order chi connectivity index (χ1) is 9.16. The largest absolute Gasteiger partial charge is 0.377 e.